The minimum Gasteiger partial charge on any atom is -0.497 e. The molecule has 0 aliphatic rings. The van der Waals surface area contributed by atoms with Gasteiger partial charge in [0.15, 0.2) is 0 Å². The van der Waals surface area contributed by atoms with Gasteiger partial charge in [-0.2, -0.15) is 5.10 Å². The molecule has 0 aliphatic heterocycles. The van der Waals surface area contributed by atoms with Crippen LogP contribution in [0.25, 0.3) is 11.3 Å². The van der Waals surface area contributed by atoms with Crippen LogP contribution in [-0.2, 0) is 6.54 Å². The van der Waals surface area contributed by atoms with Gasteiger partial charge in [0.2, 0.25) is 0 Å². The summed E-state index contributed by atoms with van der Waals surface area (Å²) < 4.78 is 12.0. The van der Waals surface area contributed by atoms with Crippen LogP contribution in [0.4, 0.5) is 0 Å². The second-order valence-corrected chi connectivity index (χ2v) is 6.36. The van der Waals surface area contributed by atoms with Gasteiger partial charge in [-0.15, -0.1) is 0 Å². The van der Waals surface area contributed by atoms with Crippen molar-refractivity contribution in [2.45, 2.75) is 6.54 Å². The van der Waals surface area contributed by atoms with Crippen molar-refractivity contribution in [3.05, 3.63) is 74.5 Å². The first-order valence-electron chi connectivity index (χ1n) is 7.76. The van der Waals surface area contributed by atoms with Crippen LogP contribution < -0.4 is 15.0 Å². The van der Waals surface area contributed by atoms with Crippen molar-refractivity contribution in [3.63, 3.8) is 0 Å². The zero-order chi connectivity index (χ0) is 18.7. The van der Waals surface area contributed by atoms with Crippen molar-refractivity contribution in [3.8, 4) is 22.8 Å². The van der Waals surface area contributed by atoms with Crippen molar-refractivity contribution >= 4 is 23.2 Å². The van der Waals surface area contributed by atoms with Gasteiger partial charge in [-0.1, -0.05) is 29.3 Å². The quantitative estimate of drug-likeness (QED) is 0.652. The van der Waals surface area contributed by atoms with Crippen LogP contribution in [0.15, 0.2) is 53.3 Å². The molecule has 1 aromatic heterocycles. The van der Waals surface area contributed by atoms with Gasteiger partial charge in [0.25, 0.3) is 5.56 Å². The molecule has 1 heterocycles. The highest BCUT2D eigenvalue weighted by atomic mass is 35.5. The van der Waals surface area contributed by atoms with Gasteiger partial charge in [0.05, 0.1) is 26.5 Å². The van der Waals surface area contributed by atoms with Gasteiger partial charge >= 0.3 is 0 Å². The molecule has 0 fully saturated rings. The molecular formula is C19H16Cl2N2O3. The molecule has 0 aliphatic carbocycles. The minimum atomic E-state index is -0.235. The Morgan fingerprint density at radius 3 is 2.50 bits per heavy atom. The fraction of sp³-hybridized carbons (Fsp3) is 0.158. The topological polar surface area (TPSA) is 53.4 Å². The number of halogens is 2. The van der Waals surface area contributed by atoms with E-state index in [1.807, 2.05) is 6.07 Å². The molecule has 0 saturated heterocycles. The number of aromatic nitrogens is 2. The maximum absolute atomic E-state index is 12.2. The lowest BCUT2D eigenvalue weighted by Gasteiger charge is -2.12. The number of hydrogen-bond acceptors (Lipinski definition) is 4. The molecule has 0 radical (unpaired) electrons. The summed E-state index contributed by atoms with van der Waals surface area (Å²) in [5, 5.41) is 5.48. The normalized spacial score (nSPS) is 10.6. The number of methoxy groups -OCH3 is 2. The standard InChI is InChI=1S/C19H16Cl2N2O3/c1-25-14-5-7-18(26-2)15(10-14)17-6-8-19(24)23(22-17)11-12-3-4-13(20)9-16(12)21/h3-10H,11H2,1-2H3. The lowest BCUT2D eigenvalue weighted by atomic mass is 10.1. The van der Waals surface area contributed by atoms with E-state index < -0.39 is 0 Å². The SMILES string of the molecule is COc1ccc(OC)c(-c2ccc(=O)n(Cc3ccc(Cl)cc3Cl)n2)c1. The molecule has 2 aromatic carbocycles. The minimum absolute atomic E-state index is 0.231. The van der Waals surface area contributed by atoms with Crippen molar-refractivity contribution in [1.82, 2.24) is 9.78 Å². The predicted octanol–water partition coefficient (Wildman–Crippen LogP) is 4.28. The number of hydrogen-bond donors (Lipinski definition) is 0. The van der Waals surface area contributed by atoms with Gasteiger partial charge in [-0.05, 0) is 42.0 Å². The van der Waals surface area contributed by atoms with Gasteiger partial charge in [-0.3, -0.25) is 4.79 Å². The average molecular weight is 391 g/mol. The molecule has 0 saturated carbocycles. The van der Waals surface area contributed by atoms with Crippen LogP contribution >= 0.6 is 23.2 Å². The fourth-order valence-electron chi connectivity index (χ4n) is 2.53. The van der Waals surface area contributed by atoms with E-state index in [2.05, 4.69) is 5.10 Å². The van der Waals surface area contributed by atoms with Gasteiger partial charge < -0.3 is 9.47 Å². The fourth-order valence-corrected chi connectivity index (χ4v) is 3.00. The lowest BCUT2D eigenvalue weighted by molar-refractivity contribution is 0.404. The Labute approximate surface area is 160 Å². The smallest absolute Gasteiger partial charge is 0.267 e. The number of nitrogens with zero attached hydrogens (tertiary/aromatic N) is 2. The molecule has 0 unspecified atom stereocenters. The average Bonchev–Trinajstić information content (AvgIpc) is 2.65. The molecule has 3 aromatic rings. The highest BCUT2D eigenvalue weighted by Gasteiger charge is 2.12. The third-order valence-corrected chi connectivity index (χ3v) is 4.47. The van der Waals surface area contributed by atoms with E-state index in [0.717, 1.165) is 11.1 Å². The third kappa shape index (κ3) is 3.84. The molecule has 0 spiro atoms. The van der Waals surface area contributed by atoms with E-state index in [1.54, 1.807) is 50.6 Å². The van der Waals surface area contributed by atoms with Gasteiger partial charge in [0.1, 0.15) is 11.5 Å². The molecule has 26 heavy (non-hydrogen) atoms. The molecular weight excluding hydrogens is 375 g/mol. The van der Waals surface area contributed by atoms with Crippen LogP contribution in [0.3, 0.4) is 0 Å². The summed E-state index contributed by atoms with van der Waals surface area (Å²) in [4.78, 5) is 12.2. The van der Waals surface area contributed by atoms with Gasteiger partial charge in [0, 0.05) is 21.7 Å². The van der Waals surface area contributed by atoms with E-state index >= 15 is 0 Å². The van der Waals surface area contributed by atoms with Crippen LogP contribution in [0, 0.1) is 0 Å². The molecule has 0 atom stereocenters. The number of rotatable bonds is 5. The van der Waals surface area contributed by atoms with E-state index in [4.69, 9.17) is 32.7 Å². The van der Waals surface area contributed by atoms with Crippen molar-refractivity contribution < 1.29 is 9.47 Å². The summed E-state index contributed by atoms with van der Waals surface area (Å²) in [6.45, 7) is 0.231. The highest BCUT2D eigenvalue weighted by molar-refractivity contribution is 6.35. The van der Waals surface area contributed by atoms with E-state index in [9.17, 15) is 4.79 Å². The number of ether oxygens (including phenoxy) is 2. The molecule has 3 rings (SSSR count). The summed E-state index contributed by atoms with van der Waals surface area (Å²) >= 11 is 12.1. The Bertz CT molecular complexity index is 1000. The van der Waals surface area contributed by atoms with Crippen molar-refractivity contribution in [2.24, 2.45) is 0 Å². The molecule has 134 valence electrons. The Kier molecular flexibility index (Phi) is 5.49. The first-order valence-corrected chi connectivity index (χ1v) is 8.52. The summed E-state index contributed by atoms with van der Waals surface area (Å²) in [5.74, 6) is 1.30. The second-order valence-electron chi connectivity index (χ2n) is 5.52. The highest BCUT2D eigenvalue weighted by Crippen LogP contribution is 2.31. The summed E-state index contributed by atoms with van der Waals surface area (Å²) in [7, 11) is 3.16. The molecule has 0 amide bonds. The Morgan fingerprint density at radius 1 is 1.00 bits per heavy atom. The molecule has 5 nitrogen and oxygen atoms in total. The van der Waals surface area contributed by atoms with Gasteiger partial charge in [-0.25, -0.2) is 4.68 Å². The van der Waals surface area contributed by atoms with E-state index in [0.29, 0.717) is 27.2 Å². The van der Waals surface area contributed by atoms with Crippen LogP contribution in [0.1, 0.15) is 5.56 Å². The Morgan fingerprint density at radius 2 is 1.81 bits per heavy atom. The first-order chi connectivity index (χ1) is 12.5. The van der Waals surface area contributed by atoms with Crippen LogP contribution in [-0.4, -0.2) is 24.0 Å². The van der Waals surface area contributed by atoms with Crippen LogP contribution in [0.5, 0.6) is 11.5 Å². The number of benzene rings is 2. The largest absolute Gasteiger partial charge is 0.497 e. The molecule has 7 heteroatoms. The molecule has 0 N–H and O–H groups in total. The zero-order valence-corrected chi connectivity index (χ0v) is 15.7. The predicted molar refractivity (Wildman–Crippen MR) is 103 cm³/mol. The zero-order valence-electron chi connectivity index (χ0n) is 14.2. The Hall–Kier alpha value is -2.50. The first kappa shape index (κ1) is 18.3. The molecule has 0 bridgehead atoms. The maximum Gasteiger partial charge on any atom is 0.267 e. The summed E-state index contributed by atoms with van der Waals surface area (Å²) in [6, 6.07) is 13.7. The van der Waals surface area contributed by atoms with Crippen molar-refractivity contribution in [2.75, 3.05) is 14.2 Å². The monoisotopic (exact) mass is 390 g/mol. The van der Waals surface area contributed by atoms with Crippen LogP contribution in [0.2, 0.25) is 10.0 Å². The van der Waals surface area contributed by atoms with E-state index in [-0.39, 0.29) is 12.1 Å². The third-order valence-electron chi connectivity index (χ3n) is 3.88. The summed E-state index contributed by atoms with van der Waals surface area (Å²) in [5.41, 5.74) is 1.83. The second kappa shape index (κ2) is 7.81. The maximum atomic E-state index is 12.2. The lowest BCUT2D eigenvalue weighted by Crippen LogP contribution is -2.23. The van der Waals surface area contributed by atoms with Crippen molar-refractivity contribution in [1.29, 1.82) is 0 Å². The van der Waals surface area contributed by atoms with E-state index in [1.165, 1.54) is 10.7 Å². The summed E-state index contributed by atoms with van der Waals surface area (Å²) in [6.07, 6.45) is 0. The Balaban J connectivity index is 2.04.